The van der Waals surface area contributed by atoms with Gasteiger partial charge in [-0.25, -0.2) is 4.39 Å². The van der Waals surface area contributed by atoms with Gasteiger partial charge < -0.3 is 0 Å². The van der Waals surface area contributed by atoms with Crippen molar-refractivity contribution in [2.24, 2.45) is 11.8 Å². The second-order valence-corrected chi connectivity index (χ2v) is 4.34. The molecule has 0 bridgehead atoms. The Morgan fingerprint density at radius 3 is 2.67 bits per heavy atom. The van der Waals surface area contributed by atoms with Gasteiger partial charge in [0.05, 0.1) is 0 Å². The molecule has 1 unspecified atom stereocenters. The first-order chi connectivity index (χ1) is 7.22. The number of rotatable bonds is 3. The van der Waals surface area contributed by atoms with Crippen molar-refractivity contribution in [1.82, 2.24) is 5.43 Å². The lowest BCUT2D eigenvalue weighted by Gasteiger charge is -2.33. The first kappa shape index (κ1) is 10.6. The molecule has 0 aromatic heterocycles. The van der Waals surface area contributed by atoms with Crippen LogP contribution in [0, 0.1) is 18.7 Å². The maximum Gasteiger partial charge on any atom is 0.126 e. The molecule has 15 heavy (non-hydrogen) atoms. The minimum absolute atomic E-state index is 0.105. The fourth-order valence-corrected chi connectivity index (χ4v) is 2.08. The monoisotopic (exact) mass is 208 g/mol. The molecule has 1 aromatic carbocycles. The summed E-state index contributed by atoms with van der Waals surface area (Å²) in [5, 5.41) is 0. The molecule has 1 fully saturated rings. The predicted octanol–water partition coefficient (Wildman–Crippen LogP) is 2.44. The molecular weight excluding hydrogens is 191 g/mol. The van der Waals surface area contributed by atoms with Crippen molar-refractivity contribution in [2.75, 3.05) is 0 Å². The zero-order valence-corrected chi connectivity index (χ0v) is 8.96. The smallest absolute Gasteiger partial charge is 0.126 e. The lowest BCUT2D eigenvalue weighted by atomic mass is 9.77. The molecule has 1 aliphatic rings. The minimum atomic E-state index is -0.146. The van der Waals surface area contributed by atoms with E-state index in [0.29, 0.717) is 11.5 Å². The van der Waals surface area contributed by atoms with Crippen molar-refractivity contribution in [3.8, 4) is 0 Å². The van der Waals surface area contributed by atoms with Gasteiger partial charge in [0.2, 0.25) is 0 Å². The lowest BCUT2D eigenvalue weighted by molar-refractivity contribution is 0.232. The molecule has 1 saturated carbocycles. The van der Waals surface area contributed by atoms with Gasteiger partial charge in [0.15, 0.2) is 0 Å². The molecule has 0 amide bonds. The lowest BCUT2D eigenvalue weighted by Crippen LogP contribution is -2.36. The van der Waals surface area contributed by atoms with Crippen molar-refractivity contribution >= 4 is 0 Å². The molecule has 3 N–H and O–H groups in total. The van der Waals surface area contributed by atoms with Crippen molar-refractivity contribution in [3.05, 3.63) is 35.1 Å². The third-order valence-corrected chi connectivity index (χ3v) is 3.36. The fourth-order valence-electron chi connectivity index (χ4n) is 2.08. The predicted molar refractivity (Wildman–Crippen MR) is 58.5 cm³/mol. The normalized spacial score (nSPS) is 18.6. The molecule has 0 radical (unpaired) electrons. The molecule has 2 rings (SSSR count). The third kappa shape index (κ3) is 2.03. The highest BCUT2D eigenvalue weighted by Gasteiger charge is 2.27. The molecule has 0 aliphatic heterocycles. The van der Waals surface area contributed by atoms with E-state index in [2.05, 4.69) is 5.43 Å². The van der Waals surface area contributed by atoms with Crippen LogP contribution < -0.4 is 11.3 Å². The van der Waals surface area contributed by atoms with Crippen molar-refractivity contribution in [2.45, 2.75) is 32.2 Å². The van der Waals surface area contributed by atoms with Gasteiger partial charge in [0.25, 0.3) is 0 Å². The number of nitrogens with two attached hydrogens (primary N) is 1. The molecule has 1 atom stereocenters. The summed E-state index contributed by atoms with van der Waals surface area (Å²) in [6.45, 7) is 1.77. The maximum atomic E-state index is 13.4. The summed E-state index contributed by atoms with van der Waals surface area (Å²) in [6.07, 6.45) is 3.63. The van der Waals surface area contributed by atoms with E-state index in [4.69, 9.17) is 5.84 Å². The quantitative estimate of drug-likeness (QED) is 0.591. The Labute approximate surface area is 89.6 Å². The largest absolute Gasteiger partial charge is 0.271 e. The second-order valence-electron chi connectivity index (χ2n) is 4.34. The zero-order valence-electron chi connectivity index (χ0n) is 8.96. The molecule has 1 aromatic rings. The number of benzene rings is 1. The summed E-state index contributed by atoms with van der Waals surface area (Å²) in [7, 11) is 0. The van der Waals surface area contributed by atoms with Crippen LogP contribution in [0.2, 0.25) is 0 Å². The Morgan fingerprint density at radius 1 is 1.47 bits per heavy atom. The number of halogens is 1. The maximum absolute atomic E-state index is 13.4. The summed E-state index contributed by atoms with van der Waals surface area (Å²) in [4.78, 5) is 0. The highest BCUT2D eigenvalue weighted by molar-refractivity contribution is 5.26. The Bertz CT molecular complexity index is 347. The van der Waals surface area contributed by atoms with Gasteiger partial charge in [-0.3, -0.25) is 11.3 Å². The second kappa shape index (κ2) is 4.29. The summed E-state index contributed by atoms with van der Waals surface area (Å²) in [6, 6.07) is 5.47. The van der Waals surface area contributed by atoms with E-state index < -0.39 is 0 Å². The van der Waals surface area contributed by atoms with Gasteiger partial charge in [-0.2, -0.15) is 0 Å². The minimum Gasteiger partial charge on any atom is -0.271 e. The first-order valence-electron chi connectivity index (χ1n) is 5.44. The zero-order chi connectivity index (χ0) is 10.8. The van der Waals surface area contributed by atoms with E-state index in [1.807, 2.05) is 12.1 Å². The average Bonchev–Trinajstić information content (AvgIpc) is 2.16. The Morgan fingerprint density at radius 2 is 2.20 bits per heavy atom. The SMILES string of the molecule is Cc1ccc(C(NN)C2CCC2)cc1F. The summed E-state index contributed by atoms with van der Waals surface area (Å²) in [5.74, 6) is 5.95. The average molecular weight is 208 g/mol. The van der Waals surface area contributed by atoms with Crippen LogP contribution in [0.25, 0.3) is 0 Å². The van der Waals surface area contributed by atoms with Crippen LogP contribution >= 0.6 is 0 Å². The van der Waals surface area contributed by atoms with Crippen molar-refractivity contribution in [3.63, 3.8) is 0 Å². The van der Waals surface area contributed by atoms with E-state index in [1.54, 1.807) is 13.0 Å². The number of aryl methyl sites for hydroxylation is 1. The molecule has 82 valence electrons. The van der Waals surface area contributed by atoms with Crippen LogP contribution in [0.15, 0.2) is 18.2 Å². The van der Waals surface area contributed by atoms with E-state index in [0.717, 1.165) is 5.56 Å². The molecule has 1 aliphatic carbocycles. The van der Waals surface area contributed by atoms with Crippen LogP contribution in [0.1, 0.15) is 36.4 Å². The van der Waals surface area contributed by atoms with Gasteiger partial charge in [0.1, 0.15) is 5.82 Å². The van der Waals surface area contributed by atoms with Crippen LogP contribution in [0.4, 0.5) is 4.39 Å². The van der Waals surface area contributed by atoms with Crippen molar-refractivity contribution < 1.29 is 4.39 Å². The van der Waals surface area contributed by atoms with E-state index in [9.17, 15) is 4.39 Å². The third-order valence-electron chi connectivity index (χ3n) is 3.36. The Kier molecular flexibility index (Phi) is 3.03. The van der Waals surface area contributed by atoms with Crippen LogP contribution in [-0.2, 0) is 0 Å². The molecular formula is C12H17FN2. The van der Waals surface area contributed by atoms with E-state index >= 15 is 0 Å². The summed E-state index contributed by atoms with van der Waals surface area (Å²) in [5.41, 5.74) is 4.45. The van der Waals surface area contributed by atoms with Gasteiger partial charge >= 0.3 is 0 Å². The Balaban J connectivity index is 2.21. The molecule has 0 spiro atoms. The van der Waals surface area contributed by atoms with E-state index in [1.165, 1.54) is 19.3 Å². The molecule has 2 nitrogen and oxygen atoms in total. The van der Waals surface area contributed by atoms with Gasteiger partial charge in [0, 0.05) is 6.04 Å². The van der Waals surface area contributed by atoms with Gasteiger partial charge in [-0.05, 0) is 42.9 Å². The van der Waals surface area contributed by atoms with Gasteiger partial charge in [-0.15, -0.1) is 0 Å². The van der Waals surface area contributed by atoms with E-state index in [-0.39, 0.29) is 11.9 Å². The fraction of sp³-hybridized carbons (Fsp3) is 0.500. The molecule has 3 heteroatoms. The molecule has 0 heterocycles. The van der Waals surface area contributed by atoms with Crippen LogP contribution in [0.5, 0.6) is 0 Å². The van der Waals surface area contributed by atoms with Crippen molar-refractivity contribution in [1.29, 1.82) is 0 Å². The van der Waals surface area contributed by atoms with Crippen LogP contribution in [0.3, 0.4) is 0 Å². The number of hydrogen-bond acceptors (Lipinski definition) is 2. The first-order valence-corrected chi connectivity index (χ1v) is 5.44. The number of hydrazine groups is 1. The highest BCUT2D eigenvalue weighted by Crippen LogP contribution is 2.37. The number of hydrogen-bond donors (Lipinski definition) is 2. The topological polar surface area (TPSA) is 38.0 Å². The molecule has 0 saturated heterocycles. The summed E-state index contributed by atoms with van der Waals surface area (Å²) < 4.78 is 13.4. The Hall–Kier alpha value is -0.930. The van der Waals surface area contributed by atoms with Crippen LogP contribution in [-0.4, -0.2) is 0 Å². The van der Waals surface area contributed by atoms with Gasteiger partial charge in [-0.1, -0.05) is 18.6 Å². The number of nitrogens with one attached hydrogen (secondary N) is 1. The highest BCUT2D eigenvalue weighted by atomic mass is 19.1. The summed E-state index contributed by atoms with van der Waals surface area (Å²) >= 11 is 0. The standard InChI is InChI=1S/C12H17FN2/c1-8-5-6-10(7-11(8)13)12(15-14)9-3-2-4-9/h5-7,9,12,15H,2-4,14H2,1H3.